The van der Waals surface area contributed by atoms with E-state index < -0.39 is 0 Å². The van der Waals surface area contributed by atoms with E-state index in [4.69, 9.17) is 9.47 Å². The van der Waals surface area contributed by atoms with E-state index in [9.17, 15) is 4.79 Å². The van der Waals surface area contributed by atoms with Gasteiger partial charge in [0.25, 0.3) is 0 Å². The molecule has 0 radical (unpaired) electrons. The number of esters is 1. The predicted octanol–water partition coefficient (Wildman–Crippen LogP) is 2.44. The van der Waals surface area contributed by atoms with Gasteiger partial charge in [0, 0.05) is 12.7 Å². The lowest BCUT2D eigenvalue weighted by Crippen LogP contribution is -2.27. The van der Waals surface area contributed by atoms with Gasteiger partial charge in [-0.3, -0.25) is 0 Å². The van der Waals surface area contributed by atoms with E-state index in [0.717, 1.165) is 18.6 Å². The SMILES string of the molecule is C=C(C)C(=O)OC1=CC2CCC1(COC)C2. The summed E-state index contributed by atoms with van der Waals surface area (Å²) in [7, 11) is 1.69. The number of carbonyl (C=O) groups excluding carboxylic acids is 1. The lowest BCUT2D eigenvalue weighted by molar-refractivity contribution is -0.137. The molecule has 88 valence electrons. The molecule has 16 heavy (non-hydrogen) atoms. The van der Waals surface area contributed by atoms with Gasteiger partial charge >= 0.3 is 5.97 Å². The number of ether oxygens (including phenoxy) is 2. The smallest absolute Gasteiger partial charge is 0.338 e. The molecule has 2 aliphatic rings. The molecule has 0 aromatic carbocycles. The van der Waals surface area contributed by atoms with E-state index in [1.807, 2.05) is 0 Å². The first kappa shape index (κ1) is 11.4. The van der Waals surface area contributed by atoms with Crippen molar-refractivity contribution in [3.05, 3.63) is 24.0 Å². The molecule has 0 spiro atoms. The minimum atomic E-state index is -0.325. The normalized spacial score (nSPS) is 31.4. The topological polar surface area (TPSA) is 35.5 Å². The maximum Gasteiger partial charge on any atom is 0.338 e. The molecule has 1 fully saturated rings. The van der Waals surface area contributed by atoms with Crippen LogP contribution in [-0.4, -0.2) is 19.7 Å². The molecule has 0 aromatic rings. The maximum atomic E-state index is 11.5. The molecule has 2 unspecified atom stereocenters. The van der Waals surface area contributed by atoms with E-state index in [1.165, 1.54) is 6.42 Å². The summed E-state index contributed by atoms with van der Waals surface area (Å²) >= 11 is 0. The van der Waals surface area contributed by atoms with Gasteiger partial charge in [0.2, 0.25) is 0 Å². The Balaban J connectivity index is 2.12. The molecule has 2 rings (SSSR count). The molecule has 2 aliphatic carbocycles. The third-order valence-corrected chi connectivity index (χ3v) is 3.53. The van der Waals surface area contributed by atoms with E-state index >= 15 is 0 Å². The van der Waals surface area contributed by atoms with Crippen molar-refractivity contribution in [3.8, 4) is 0 Å². The van der Waals surface area contributed by atoms with Gasteiger partial charge in [-0.1, -0.05) is 6.58 Å². The summed E-state index contributed by atoms with van der Waals surface area (Å²) in [5.41, 5.74) is 0.390. The zero-order valence-electron chi connectivity index (χ0n) is 9.91. The van der Waals surface area contributed by atoms with Crippen molar-refractivity contribution in [3.63, 3.8) is 0 Å². The summed E-state index contributed by atoms with van der Waals surface area (Å²) in [6.45, 7) is 5.90. The van der Waals surface area contributed by atoms with Gasteiger partial charge in [-0.25, -0.2) is 4.79 Å². The lowest BCUT2D eigenvalue weighted by Gasteiger charge is -2.28. The lowest BCUT2D eigenvalue weighted by atomic mass is 9.87. The third kappa shape index (κ3) is 1.80. The fourth-order valence-electron chi connectivity index (χ4n) is 2.73. The zero-order chi connectivity index (χ0) is 11.8. The number of methoxy groups -OCH3 is 1. The van der Waals surface area contributed by atoms with Crippen molar-refractivity contribution in [2.45, 2.75) is 26.2 Å². The first-order valence-corrected chi connectivity index (χ1v) is 5.66. The Bertz CT molecular complexity index is 356. The van der Waals surface area contributed by atoms with E-state index in [1.54, 1.807) is 14.0 Å². The van der Waals surface area contributed by atoms with Crippen LogP contribution in [0.2, 0.25) is 0 Å². The summed E-state index contributed by atoms with van der Waals surface area (Å²) in [4.78, 5) is 11.5. The monoisotopic (exact) mass is 222 g/mol. The molecule has 1 saturated carbocycles. The van der Waals surface area contributed by atoms with E-state index in [0.29, 0.717) is 18.1 Å². The Labute approximate surface area is 96.1 Å². The molecule has 0 saturated heterocycles. The summed E-state index contributed by atoms with van der Waals surface area (Å²) < 4.78 is 10.7. The number of carbonyl (C=O) groups is 1. The zero-order valence-corrected chi connectivity index (χ0v) is 9.91. The molecule has 0 aliphatic heterocycles. The van der Waals surface area contributed by atoms with Gasteiger partial charge in [0.05, 0.1) is 12.0 Å². The Morgan fingerprint density at radius 1 is 1.69 bits per heavy atom. The Morgan fingerprint density at radius 2 is 2.44 bits per heavy atom. The van der Waals surface area contributed by atoms with Gasteiger partial charge in [0.15, 0.2) is 0 Å². The second kappa shape index (κ2) is 4.06. The fraction of sp³-hybridized carbons (Fsp3) is 0.615. The molecule has 0 N–H and O–H groups in total. The van der Waals surface area contributed by atoms with Crippen LogP contribution in [0.1, 0.15) is 26.2 Å². The molecule has 2 atom stereocenters. The van der Waals surface area contributed by atoms with Crippen LogP contribution in [0, 0.1) is 11.3 Å². The van der Waals surface area contributed by atoms with Crippen LogP contribution in [0.5, 0.6) is 0 Å². The van der Waals surface area contributed by atoms with Gasteiger partial charge < -0.3 is 9.47 Å². The van der Waals surface area contributed by atoms with Crippen LogP contribution < -0.4 is 0 Å². The van der Waals surface area contributed by atoms with Crippen molar-refractivity contribution < 1.29 is 14.3 Å². The molecule has 0 heterocycles. The Kier molecular flexibility index (Phi) is 2.89. The second-order valence-electron chi connectivity index (χ2n) is 4.92. The molecule has 2 bridgehead atoms. The van der Waals surface area contributed by atoms with Crippen LogP contribution >= 0.6 is 0 Å². The summed E-state index contributed by atoms with van der Waals surface area (Å²) in [6, 6.07) is 0. The third-order valence-electron chi connectivity index (χ3n) is 3.53. The molecule has 0 amide bonds. The summed E-state index contributed by atoms with van der Waals surface area (Å²) in [5, 5.41) is 0. The molecular formula is C13H18O3. The first-order valence-electron chi connectivity index (χ1n) is 5.66. The molecule has 0 aromatic heterocycles. The van der Waals surface area contributed by atoms with Gasteiger partial charge in [-0.15, -0.1) is 0 Å². The highest BCUT2D eigenvalue weighted by atomic mass is 16.5. The fourth-order valence-corrected chi connectivity index (χ4v) is 2.73. The van der Waals surface area contributed by atoms with E-state index in [2.05, 4.69) is 12.7 Å². The van der Waals surface area contributed by atoms with Crippen LogP contribution in [0.15, 0.2) is 24.0 Å². The molecule has 3 heteroatoms. The average molecular weight is 222 g/mol. The van der Waals surface area contributed by atoms with Crippen molar-refractivity contribution >= 4 is 5.97 Å². The van der Waals surface area contributed by atoms with Crippen LogP contribution in [0.4, 0.5) is 0 Å². The minimum Gasteiger partial charge on any atom is -0.427 e. The summed E-state index contributed by atoms with van der Waals surface area (Å²) in [6.07, 6.45) is 5.38. The maximum absolute atomic E-state index is 11.5. The highest BCUT2D eigenvalue weighted by Crippen LogP contribution is 2.54. The number of fused-ring (bicyclic) bond motifs is 2. The van der Waals surface area contributed by atoms with Gasteiger partial charge in [0.1, 0.15) is 5.76 Å². The quantitative estimate of drug-likeness (QED) is 0.541. The van der Waals surface area contributed by atoms with Crippen molar-refractivity contribution in [2.24, 2.45) is 11.3 Å². The summed E-state index contributed by atoms with van der Waals surface area (Å²) in [5.74, 6) is 1.04. The number of hydrogen-bond acceptors (Lipinski definition) is 3. The van der Waals surface area contributed by atoms with Crippen LogP contribution in [-0.2, 0) is 14.3 Å². The first-order chi connectivity index (χ1) is 7.57. The minimum absolute atomic E-state index is 0.0511. The largest absolute Gasteiger partial charge is 0.427 e. The van der Waals surface area contributed by atoms with Crippen molar-refractivity contribution in [1.82, 2.24) is 0 Å². The average Bonchev–Trinajstić information content (AvgIpc) is 2.75. The predicted molar refractivity (Wildman–Crippen MR) is 60.6 cm³/mol. The Hall–Kier alpha value is -1.09. The highest BCUT2D eigenvalue weighted by molar-refractivity contribution is 5.87. The van der Waals surface area contributed by atoms with Gasteiger partial charge in [-0.05, 0) is 38.2 Å². The highest BCUT2D eigenvalue weighted by Gasteiger charge is 2.48. The second-order valence-corrected chi connectivity index (χ2v) is 4.92. The van der Waals surface area contributed by atoms with Crippen molar-refractivity contribution in [1.29, 1.82) is 0 Å². The Morgan fingerprint density at radius 3 is 3.00 bits per heavy atom. The standard InChI is InChI=1S/C13H18O3/c1-9(2)12(14)16-11-6-10-4-5-13(11,7-10)8-15-3/h6,10H,1,4-5,7-8H2,2-3H3. The van der Waals surface area contributed by atoms with E-state index in [-0.39, 0.29) is 11.4 Å². The molecule has 3 nitrogen and oxygen atoms in total. The van der Waals surface area contributed by atoms with Crippen molar-refractivity contribution in [2.75, 3.05) is 13.7 Å². The number of hydrogen-bond donors (Lipinski definition) is 0. The van der Waals surface area contributed by atoms with Crippen LogP contribution in [0.3, 0.4) is 0 Å². The molecular weight excluding hydrogens is 204 g/mol. The number of rotatable bonds is 4. The van der Waals surface area contributed by atoms with Gasteiger partial charge in [-0.2, -0.15) is 0 Å². The van der Waals surface area contributed by atoms with Crippen LogP contribution in [0.25, 0.3) is 0 Å². The number of allylic oxidation sites excluding steroid dienone is 1.